The average Bonchev–Trinajstić information content (AvgIpc) is 2.22. The summed E-state index contributed by atoms with van der Waals surface area (Å²) in [5.74, 6) is 0. The first-order valence-corrected chi connectivity index (χ1v) is 3.64. The SMILES string of the molecule is O.O.O.O.O.O.O=c1ooooc(=O)c2ccccc12.[Mg]. The predicted octanol–water partition coefficient (Wildman–Crippen LogP) is -4.27. The Labute approximate surface area is 131 Å². The van der Waals surface area contributed by atoms with E-state index in [9.17, 15) is 9.59 Å². The minimum absolute atomic E-state index is 0. The van der Waals surface area contributed by atoms with Crippen molar-refractivity contribution in [2.24, 2.45) is 0 Å². The third kappa shape index (κ3) is 8.22. The molecule has 0 saturated heterocycles. The smallest absolute Gasteiger partial charge is 0.391 e. The van der Waals surface area contributed by atoms with Crippen LogP contribution < -0.4 is 11.3 Å². The van der Waals surface area contributed by atoms with Crippen LogP contribution in [-0.2, 0) is 0 Å². The molecule has 0 fully saturated rings. The van der Waals surface area contributed by atoms with Gasteiger partial charge in [-0.1, -0.05) is 12.1 Å². The molecule has 0 bridgehead atoms. The largest absolute Gasteiger partial charge is 0.412 e. The topological polar surface area (TPSA) is 276 Å². The van der Waals surface area contributed by atoms with Gasteiger partial charge in [-0.3, -0.25) is 0 Å². The third-order valence-corrected chi connectivity index (χ3v) is 1.61. The van der Waals surface area contributed by atoms with Gasteiger partial charge >= 0.3 is 11.3 Å². The van der Waals surface area contributed by atoms with Crippen LogP contribution in [0.5, 0.6) is 0 Å². The van der Waals surface area contributed by atoms with E-state index in [0.717, 1.165) is 0 Å². The molecule has 0 aliphatic carbocycles. The number of hydrogen-bond acceptors (Lipinski definition) is 6. The second-order valence-electron chi connectivity index (χ2n) is 2.42. The lowest BCUT2D eigenvalue weighted by molar-refractivity contribution is -0.305. The zero-order chi connectivity index (χ0) is 9.97. The molecule has 0 aliphatic rings. The Morgan fingerprint density at radius 3 is 1.19 bits per heavy atom. The van der Waals surface area contributed by atoms with Gasteiger partial charge in [0.15, 0.2) is 0 Å². The number of rotatable bonds is 0. The van der Waals surface area contributed by atoms with Gasteiger partial charge in [0.2, 0.25) is 0 Å². The van der Waals surface area contributed by atoms with Crippen LogP contribution in [0.4, 0.5) is 0 Å². The van der Waals surface area contributed by atoms with Crippen LogP contribution >= 0.6 is 0 Å². The summed E-state index contributed by atoms with van der Waals surface area (Å²) >= 11 is 0. The van der Waals surface area contributed by atoms with Crippen LogP contribution in [0.3, 0.4) is 0 Å². The highest BCUT2D eigenvalue weighted by Crippen LogP contribution is 2.01. The van der Waals surface area contributed by atoms with E-state index < -0.39 is 11.3 Å². The van der Waals surface area contributed by atoms with E-state index in [4.69, 9.17) is 0 Å². The molecule has 0 spiro atoms. The minimum Gasteiger partial charge on any atom is -0.412 e. The summed E-state index contributed by atoms with van der Waals surface area (Å²) in [5, 5.41) is 0.113. The van der Waals surface area contributed by atoms with E-state index >= 15 is 0 Å². The summed E-state index contributed by atoms with van der Waals surface area (Å²) in [6, 6.07) is 5.98. The summed E-state index contributed by atoms with van der Waals surface area (Å²) in [5.41, 5.74) is -1.64. The molecule has 12 nitrogen and oxygen atoms in total. The molecular weight excluding hydrogens is 312 g/mol. The first-order valence-electron chi connectivity index (χ1n) is 3.64. The molecule has 21 heavy (non-hydrogen) atoms. The molecule has 0 amide bonds. The maximum atomic E-state index is 11.2. The van der Waals surface area contributed by atoms with E-state index in [1.165, 1.54) is 12.1 Å². The van der Waals surface area contributed by atoms with E-state index in [0.29, 0.717) is 0 Å². The molecule has 122 valence electrons. The van der Waals surface area contributed by atoms with Crippen LogP contribution in [0.2, 0.25) is 0 Å². The molecule has 1 heterocycles. The number of hydrogen-bond donors (Lipinski definition) is 0. The van der Waals surface area contributed by atoms with Gasteiger partial charge in [-0.15, -0.1) is 0 Å². The van der Waals surface area contributed by atoms with Crippen molar-refractivity contribution < 1.29 is 51.5 Å². The van der Waals surface area contributed by atoms with Crippen molar-refractivity contribution in [3.05, 3.63) is 45.1 Å². The maximum absolute atomic E-state index is 11.2. The Morgan fingerprint density at radius 1 is 0.619 bits per heavy atom. The Bertz CT molecular complexity index is 551. The van der Waals surface area contributed by atoms with Crippen molar-refractivity contribution in [3.8, 4) is 0 Å². The standard InChI is InChI=1S/C8H4O6.Mg.6H2O/c9-7-5-3-1-2-4-6(5)8(10)12-14-13-11-7;;;;;;;/h1-4H;;6*1H2. The van der Waals surface area contributed by atoms with Crippen molar-refractivity contribution >= 4 is 33.8 Å². The average molecular weight is 329 g/mol. The van der Waals surface area contributed by atoms with Crippen molar-refractivity contribution in [3.63, 3.8) is 0 Å². The lowest BCUT2D eigenvalue weighted by Crippen LogP contribution is -2.03. The molecule has 2 aromatic rings. The second-order valence-corrected chi connectivity index (χ2v) is 2.42. The van der Waals surface area contributed by atoms with Gasteiger partial charge in [0.05, 0.1) is 10.8 Å². The molecule has 2 radical (unpaired) electrons. The highest BCUT2D eigenvalue weighted by Gasteiger charge is 2.01. The molecule has 1 aromatic heterocycles. The summed E-state index contributed by atoms with van der Waals surface area (Å²) in [6.07, 6.45) is 0. The van der Waals surface area contributed by atoms with Crippen molar-refractivity contribution in [1.29, 1.82) is 0 Å². The first kappa shape index (κ1) is 36.5. The molecule has 0 atom stereocenters. The van der Waals surface area contributed by atoms with E-state index in [2.05, 4.69) is 18.6 Å². The molecule has 0 saturated carbocycles. The predicted molar refractivity (Wildman–Crippen MR) is 70.6 cm³/mol. The fraction of sp³-hybridized carbons (Fsp3) is 0. The third-order valence-electron chi connectivity index (χ3n) is 1.61. The van der Waals surface area contributed by atoms with Crippen LogP contribution in [0.15, 0.2) is 52.5 Å². The minimum atomic E-state index is -0.822. The quantitative estimate of drug-likeness (QED) is 0.340. The van der Waals surface area contributed by atoms with Gasteiger partial charge in [0.1, 0.15) is 0 Å². The Hall–Kier alpha value is -1.71. The van der Waals surface area contributed by atoms with Gasteiger partial charge in [-0.25, -0.2) is 18.7 Å². The molecule has 0 unspecified atom stereocenters. The van der Waals surface area contributed by atoms with Gasteiger partial charge in [-0.2, -0.15) is 0 Å². The molecule has 0 aliphatic heterocycles. The molecule has 2 rings (SSSR count). The Balaban J connectivity index is -0.0000000804. The van der Waals surface area contributed by atoms with Crippen LogP contribution in [0.1, 0.15) is 0 Å². The second kappa shape index (κ2) is 16.3. The van der Waals surface area contributed by atoms with Gasteiger partial charge in [0.25, 0.3) is 0 Å². The molecule has 12 N–H and O–H groups in total. The highest BCUT2D eigenvalue weighted by atomic mass is 24.3. The van der Waals surface area contributed by atoms with Gasteiger partial charge in [-0.05, 0) is 21.6 Å². The fourth-order valence-electron chi connectivity index (χ4n) is 1.02. The monoisotopic (exact) mass is 328 g/mol. The van der Waals surface area contributed by atoms with Crippen LogP contribution in [0.25, 0.3) is 10.8 Å². The van der Waals surface area contributed by atoms with Gasteiger partial charge < -0.3 is 32.9 Å². The Morgan fingerprint density at radius 2 is 0.905 bits per heavy atom. The normalized spacial score (nSPS) is 6.67. The first-order chi connectivity index (χ1) is 6.79. The van der Waals surface area contributed by atoms with Crippen molar-refractivity contribution in [1.82, 2.24) is 0 Å². The zero-order valence-corrected chi connectivity index (χ0v) is 11.9. The van der Waals surface area contributed by atoms with Crippen molar-refractivity contribution in [2.75, 3.05) is 0 Å². The fourth-order valence-corrected chi connectivity index (χ4v) is 1.02. The molecular formula is C8H16MgO12. The van der Waals surface area contributed by atoms with E-state index in [1.807, 2.05) is 0 Å². The zero-order valence-electron chi connectivity index (χ0n) is 10.5. The summed E-state index contributed by atoms with van der Waals surface area (Å²) < 4.78 is 15.9. The molecule has 13 heteroatoms. The number of fused-ring (bicyclic) bond motifs is 1. The summed E-state index contributed by atoms with van der Waals surface area (Å²) in [4.78, 5) is 22.3. The van der Waals surface area contributed by atoms with E-state index in [1.54, 1.807) is 12.1 Å². The van der Waals surface area contributed by atoms with E-state index in [-0.39, 0.29) is 66.7 Å². The summed E-state index contributed by atoms with van der Waals surface area (Å²) in [7, 11) is 0. The molecule has 1 aromatic carbocycles. The highest BCUT2D eigenvalue weighted by molar-refractivity contribution is 5.79. The maximum Gasteiger partial charge on any atom is 0.391 e. The Kier molecular flexibility index (Phi) is 28.4. The number of benzene rings is 1. The lowest BCUT2D eigenvalue weighted by Gasteiger charge is -1.86. The van der Waals surface area contributed by atoms with Crippen molar-refractivity contribution in [2.45, 2.75) is 0 Å². The lowest BCUT2D eigenvalue weighted by atomic mass is 10.2. The summed E-state index contributed by atoms with van der Waals surface area (Å²) in [6.45, 7) is 0. The van der Waals surface area contributed by atoms with Gasteiger partial charge in [0, 0.05) is 23.1 Å². The van der Waals surface area contributed by atoms with Crippen LogP contribution in [-0.4, -0.2) is 55.9 Å². The van der Waals surface area contributed by atoms with Crippen LogP contribution in [0, 0.1) is 0 Å².